The van der Waals surface area contributed by atoms with E-state index in [1.165, 1.54) is 0 Å². The molecular weight excluding hydrogens is 162 g/mol. The molecule has 0 bridgehead atoms. The summed E-state index contributed by atoms with van der Waals surface area (Å²) in [6.07, 6.45) is 0. The summed E-state index contributed by atoms with van der Waals surface area (Å²) in [6.45, 7) is 1.99. The molecule has 64 valence electrons. The average Bonchev–Trinajstić information content (AvgIpc) is 2.48. The topological polar surface area (TPSA) is 24.1 Å². The number of nitrogens with one attached hydrogen (secondary N) is 2. The molecule has 0 aliphatic carbocycles. The van der Waals surface area contributed by atoms with E-state index in [-0.39, 0.29) is 5.69 Å². The Hall–Kier alpha value is -1.32. The molecule has 0 radical (unpaired) electrons. The van der Waals surface area contributed by atoms with Crippen molar-refractivity contribution in [3.8, 4) is 0 Å². The molecule has 1 aromatic carbocycles. The summed E-state index contributed by atoms with van der Waals surface area (Å²) >= 11 is 0. The highest BCUT2D eigenvalue weighted by Crippen LogP contribution is 2.32. The highest BCUT2D eigenvalue weighted by atomic mass is 19.2. The smallest absolute Gasteiger partial charge is 0.184 e. The highest BCUT2D eigenvalue weighted by Gasteiger charge is 2.19. The molecule has 0 unspecified atom stereocenters. The predicted octanol–water partition coefficient (Wildman–Crippen LogP) is 2.07. The van der Waals surface area contributed by atoms with E-state index in [9.17, 15) is 8.78 Å². The molecule has 0 aromatic heterocycles. The Kier molecular flexibility index (Phi) is 1.43. The van der Waals surface area contributed by atoms with E-state index in [1.54, 1.807) is 13.0 Å². The van der Waals surface area contributed by atoms with Gasteiger partial charge in [-0.25, -0.2) is 8.78 Å². The number of hydrogen-bond donors (Lipinski definition) is 2. The Balaban J connectivity index is 2.67. The van der Waals surface area contributed by atoms with Gasteiger partial charge in [0.25, 0.3) is 0 Å². The maximum atomic E-state index is 13.1. The van der Waals surface area contributed by atoms with Gasteiger partial charge in [0.05, 0.1) is 18.0 Å². The van der Waals surface area contributed by atoms with Crippen LogP contribution in [0.2, 0.25) is 0 Å². The number of halogens is 2. The number of hydrogen-bond acceptors (Lipinski definition) is 2. The number of anilines is 2. The van der Waals surface area contributed by atoms with Gasteiger partial charge < -0.3 is 10.6 Å². The third-order valence-electron chi connectivity index (χ3n) is 1.93. The minimum Gasteiger partial charge on any atom is -0.366 e. The standard InChI is InChI=1S/C8H8F2N2/c1-4-2-5-8(12-3-11-5)7(10)6(4)9/h2,11-12H,3H2,1H3. The van der Waals surface area contributed by atoms with Crippen LogP contribution in [0.1, 0.15) is 5.56 Å². The van der Waals surface area contributed by atoms with Gasteiger partial charge in [-0.2, -0.15) is 0 Å². The first-order valence-corrected chi connectivity index (χ1v) is 3.66. The van der Waals surface area contributed by atoms with Gasteiger partial charge in [-0.1, -0.05) is 0 Å². The molecule has 0 saturated heterocycles. The first kappa shape index (κ1) is 7.34. The fourth-order valence-electron chi connectivity index (χ4n) is 1.29. The number of fused-ring (bicyclic) bond motifs is 1. The largest absolute Gasteiger partial charge is 0.366 e. The van der Waals surface area contributed by atoms with E-state index < -0.39 is 11.6 Å². The van der Waals surface area contributed by atoms with Gasteiger partial charge in [0.15, 0.2) is 11.6 Å². The summed E-state index contributed by atoms with van der Waals surface area (Å²) in [7, 11) is 0. The van der Waals surface area contributed by atoms with Crippen molar-refractivity contribution in [3.63, 3.8) is 0 Å². The molecule has 0 saturated carbocycles. The fraction of sp³-hybridized carbons (Fsp3) is 0.250. The predicted molar refractivity (Wildman–Crippen MR) is 43.2 cm³/mol. The maximum Gasteiger partial charge on any atom is 0.184 e. The van der Waals surface area contributed by atoms with E-state index in [1.807, 2.05) is 0 Å². The molecular formula is C8H8F2N2. The van der Waals surface area contributed by atoms with Crippen LogP contribution in [0.4, 0.5) is 20.2 Å². The van der Waals surface area contributed by atoms with Crippen molar-refractivity contribution >= 4 is 11.4 Å². The number of benzene rings is 1. The van der Waals surface area contributed by atoms with Crippen LogP contribution in [0, 0.1) is 18.6 Å². The zero-order chi connectivity index (χ0) is 8.72. The second-order valence-corrected chi connectivity index (χ2v) is 2.77. The van der Waals surface area contributed by atoms with Gasteiger partial charge >= 0.3 is 0 Å². The van der Waals surface area contributed by atoms with Crippen molar-refractivity contribution in [1.29, 1.82) is 0 Å². The molecule has 0 spiro atoms. The maximum absolute atomic E-state index is 13.1. The van der Waals surface area contributed by atoms with Gasteiger partial charge in [0.2, 0.25) is 0 Å². The second kappa shape index (κ2) is 2.33. The molecule has 2 rings (SSSR count). The van der Waals surface area contributed by atoms with Crippen molar-refractivity contribution in [2.24, 2.45) is 0 Å². The lowest BCUT2D eigenvalue weighted by molar-refractivity contribution is 0.507. The summed E-state index contributed by atoms with van der Waals surface area (Å²) in [6, 6.07) is 1.59. The molecule has 0 atom stereocenters. The molecule has 1 aliphatic rings. The molecule has 1 heterocycles. The minimum atomic E-state index is -0.796. The van der Waals surface area contributed by atoms with Crippen LogP contribution in [0.5, 0.6) is 0 Å². The van der Waals surface area contributed by atoms with Crippen molar-refractivity contribution in [1.82, 2.24) is 0 Å². The average molecular weight is 170 g/mol. The number of rotatable bonds is 0. The Morgan fingerprint density at radius 2 is 2.00 bits per heavy atom. The van der Waals surface area contributed by atoms with E-state index in [0.29, 0.717) is 17.9 Å². The Bertz CT molecular complexity index is 336. The number of aryl methyl sites for hydroxylation is 1. The lowest BCUT2D eigenvalue weighted by Crippen LogP contribution is -1.99. The zero-order valence-electron chi connectivity index (χ0n) is 6.54. The summed E-state index contributed by atoms with van der Waals surface area (Å²) in [5.74, 6) is -1.57. The third-order valence-corrected chi connectivity index (χ3v) is 1.93. The Morgan fingerprint density at radius 1 is 1.25 bits per heavy atom. The molecule has 2 nitrogen and oxygen atoms in total. The van der Waals surface area contributed by atoms with Gasteiger partial charge in [0, 0.05) is 0 Å². The van der Waals surface area contributed by atoms with Gasteiger partial charge in [-0.15, -0.1) is 0 Å². The monoisotopic (exact) mass is 170 g/mol. The minimum absolute atomic E-state index is 0.234. The summed E-state index contributed by atoms with van der Waals surface area (Å²) < 4.78 is 26.0. The Labute approximate surface area is 68.6 Å². The van der Waals surface area contributed by atoms with Crippen molar-refractivity contribution < 1.29 is 8.78 Å². The van der Waals surface area contributed by atoms with Crippen LogP contribution in [0.15, 0.2) is 6.07 Å². The second-order valence-electron chi connectivity index (χ2n) is 2.77. The van der Waals surface area contributed by atoms with Crippen LogP contribution in [-0.2, 0) is 0 Å². The van der Waals surface area contributed by atoms with Crippen molar-refractivity contribution in [3.05, 3.63) is 23.3 Å². The van der Waals surface area contributed by atoms with Crippen molar-refractivity contribution in [2.45, 2.75) is 6.92 Å². The molecule has 1 aliphatic heterocycles. The van der Waals surface area contributed by atoms with Gasteiger partial charge in [-0.3, -0.25) is 0 Å². The third kappa shape index (κ3) is 0.841. The van der Waals surface area contributed by atoms with Crippen LogP contribution in [-0.4, -0.2) is 6.67 Å². The van der Waals surface area contributed by atoms with Crippen LogP contribution in [0.25, 0.3) is 0 Å². The zero-order valence-corrected chi connectivity index (χ0v) is 6.54. The van der Waals surface area contributed by atoms with E-state index >= 15 is 0 Å². The quantitative estimate of drug-likeness (QED) is 0.622. The molecule has 0 fully saturated rings. The Morgan fingerprint density at radius 3 is 2.75 bits per heavy atom. The summed E-state index contributed by atoms with van der Waals surface area (Å²) in [4.78, 5) is 0. The normalized spacial score (nSPS) is 13.6. The van der Waals surface area contributed by atoms with Crippen LogP contribution < -0.4 is 10.6 Å². The molecule has 0 amide bonds. The van der Waals surface area contributed by atoms with Crippen molar-refractivity contribution in [2.75, 3.05) is 17.3 Å². The molecule has 12 heavy (non-hydrogen) atoms. The SMILES string of the molecule is Cc1cc2c(c(F)c1F)NCN2. The van der Waals surface area contributed by atoms with E-state index in [4.69, 9.17) is 0 Å². The lowest BCUT2D eigenvalue weighted by Gasteiger charge is -2.03. The molecule has 4 heteroatoms. The first-order valence-electron chi connectivity index (χ1n) is 3.66. The lowest BCUT2D eigenvalue weighted by atomic mass is 10.2. The van der Waals surface area contributed by atoms with E-state index in [0.717, 1.165) is 0 Å². The first-order chi connectivity index (χ1) is 5.70. The van der Waals surface area contributed by atoms with Gasteiger partial charge in [0.1, 0.15) is 0 Å². The summed E-state index contributed by atoms with van der Waals surface area (Å²) in [5.41, 5.74) is 1.19. The fourth-order valence-corrected chi connectivity index (χ4v) is 1.29. The molecule has 2 N–H and O–H groups in total. The molecule has 1 aromatic rings. The van der Waals surface area contributed by atoms with E-state index in [2.05, 4.69) is 10.6 Å². The van der Waals surface area contributed by atoms with Gasteiger partial charge in [-0.05, 0) is 18.6 Å². The van der Waals surface area contributed by atoms with Crippen LogP contribution >= 0.6 is 0 Å². The highest BCUT2D eigenvalue weighted by molar-refractivity contribution is 5.74. The van der Waals surface area contributed by atoms with Crippen LogP contribution in [0.3, 0.4) is 0 Å². The summed E-state index contributed by atoms with van der Waals surface area (Å²) in [5, 5.41) is 5.60.